The van der Waals surface area contributed by atoms with E-state index in [2.05, 4.69) is 84.9 Å². The van der Waals surface area contributed by atoms with Gasteiger partial charge in [0, 0.05) is 27.5 Å². The molecule has 11 rings (SSSR count). The molecule has 0 aliphatic heterocycles. The van der Waals surface area contributed by atoms with E-state index in [0.29, 0.717) is 45.6 Å². The SMILES string of the molecule is c1ccc(-c2ccc(-c3nc4c(-c5nc(-c6ccccc6)nc(-c6ccc7c(ccc8ccccc87)c6)n5)c5oc6ccccc6c5cc4o3)cc2)cc1. The van der Waals surface area contributed by atoms with Crippen LogP contribution in [-0.4, -0.2) is 19.9 Å². The van der Waals surface area contributed by atoms with Crippen molar-refractivity contribution in [1.29, 1.82) is 0 Å². The summed E-state index contributed by atoms with van der Waals surface area (Å²) in [6.45, 7) is 0. The minimum Gasteiger partial charge on any atom is -0.455 e. The molecule has 6 nitrogen and oxygen atoms in total. The zero-order chi connectivity index (χ0) is 35.6. The highest BCUT2D eigenvalue weighted by atomic mass is 16.4. The van der Waals surface area contributed by atoms with E-state index < -0.39 is 0 Å². The summed E-state index contributed by atoms with van der Waals surface area (Å²) in [4.78, 5) is 20.5. The van der Waals surface area contributed by atoms with Crippen LogP contribution in [0.4, 0.5) is 0 Å². The predicted molar refractivity (Wildman–Crippen MR) is 217 cm³/mol. The van der Waals surface area contributed by atoms with Crippen LogP contribution in [0.1, 0.15) is 0 Å². The second kappa shape index (κ2) is 12.1. The van der Waals surface area contributed by atoms with Crippen LogP contribution >= 0.6 is 0 Å². The Bertz CT molecular complexity index is 3200. The largest absolute Gasteiger partial charge is 0.455 e. The number of oxazole rings is 1. The predicted octanol–water partition coefficient (Wildman–Crippen LogP) is 12.6. The molecule has 0 amide bonds. The molecule has 0 aliphatic carbocycles. The van der Waals surface area contributed by atoms with Gasteiger partial charge in [0.2, 0.25) is 5.89 Å². The molecule has 0 spiro atoms. The first-order chi connectivity index (χ1) is 26.7. The lowest BCUT2D eigenvalue weighted by molar-refractivity contribution is 0.620. The maximum Gasteiger partial charge on any atom is 0.227 e. The number of fused-ring (bicyclic) bond motifs is 7. The molecule has 0 atom stereocenters. The third-order valence-electron chi connectivity index (χ3n) is 10.2. The van der Waals surface area contributed by atoms with E-state index in [0.717, 1.165) is 49.6 Å². The van der Waals surface area contributed by atoms with Gasteiger partial charge >= 0.3 is 0 Å². The molecule has 0 saturated carbocycles. The molecule has 0 bridgehead atoms. The summed E-state index contributed by atoms with van der Waals surface area (Å²) in [7, 11) is 0. The lowest BCUT2D eigenvalue weighted by Gasteiger charge is -2.10. The zero-order valence-corrected chi connectivity index (χ0v) is 28.8. The van der Waals surface area contributed by atoms with Crippen molar-refractivity contribution in [3.63, 3.8) is 0 Å². The standard InChI is InChI=1S/C48H28N4O2/c1-3-11-29(12-4-1)30-19-22-33(23-20-30)48-49-43-41(54-48)28-39-38-17-9-10-18-40(38)53-44(39)42(43)47-51-45(32-14-5-2-6-15-32)50-46(52-47)35-25-26-37-34(27-35)24-21-31-13-7-8-16-36(31)37/h1-28H. The van der Waals surface area contributed by atoms with E-state index in [-0.39, 0.29) is 0 Å². The molecule has 54 heavy (non-hydrogen) atoms. The molecule has 252 valence electrons. The van der Waals surface area contributed by atoms with Crippen molar-refractivity contribution in [2.75, 3.05) is 0 Å². The molecular formula is C48H28N4O2. The first kappa shape index (κ1) is 30.2. The van der Waals surface area contributed by atoms with E-state index in [1.165, 1.54) is 16.2 Å². The summed E-state index contributed by atoms with van der Waals surface area (Å²) in [6.07, 6.45) is 0. The monoisotopic (exact) mass is 692 g/mol. The number of furan rings is 1. The van der Waals surface area contributed by atoms with E-state index in [1.54, 1.807) is 0 Å². The molecule has 0 aliphatic rings. The number of benzene rings is 8. The Morgan fingerprint density at radius 2 is 0.926 bits per heavy atom. The van der Waals surface area contributed by atoms with Gasteiger partial charge in [-0.2, -0.15) is 0 Å². The van der Waals surface area contributed by atoms with Gasteiger partial charge in [-0.1, -0.05) is 140 Å². The first-order valence-electron chi connectivity index (χ1n) is 17.9. The summed E-state index contributed by atoms with van der Waals surface area (Å²) in [5.74, 6) is 2.06. The smallest absolute Gasteiger partial charge is 0.227 e. The van der Waals surface area contributed by atoms with Crippen molar-refractivity contribution in [2.45, 2.75) is 0 Å². The van der Waals surface area contributed by atoms with Crippen molar-refractivity contribution in [3.8, 4) is 56.7 Å². The Hall–Kier alpha value is -7.44. The highest BCUT2D eigenvalue weighted by Crippen LogP contribution is 2.42. The van der Waals surface area contributed by atoms with Crippen LogP contribution in [0.3, 0.4) is 0 Å². The number of hydrogen-bond acceptors (Lipinski definition) is 6. The molecule has 11 aromatic rings. The van der Waals surface area contributed by atoms with Crippen molar-refractivity contribution in [2.24, 2.45) is 0 Å². The minimum atomic E-state index is 0.450. The molecule has 0 saturated heterocycles. The van der Waals surface area contributed by atoms with Gasteiger partial charge in [-0.05, 0) is 63.0 Å². The first-order valence-corrected chi connectivity index (χ1v) is 17.9. The zero-order valence-electron chi connectivity index (χ0n) is 28.8. The average molecular weight is 693 g/mol. The Labute approximate surface area is 309 Å². The second-order valence-corrected chi connectivity index (χ2v) is 13.4. The Balaban J connectivity index is 1.15. The molecule has 0 fully saturated rings. The molecule has 8 aromatic carbocycles. The van der Waals surface area contributed by atoms with Crippen molar-refractivity contribution in [3.05, 3.63) is 170 Å². The molecule has 3 heterocycles. The summed E-state index contributed by atoms with van der Waals surface area (Å²) in [5, 5.41) is 6.56. The maximum atomic E-state index is 6.63. The normalized spacial score (nSPS) is 11.7. The topological polar surface area (TPSA) is 77.8 Å². The highest BCUT2D eigenvalue weighted by Gasteiger charge is 2.25. The van der Waals surface area contributed by atoms with Crippen LogP contribution in [0, 0.1) is 0 Å². The lowest BCUT2D eigenvalue weighted by atomic mass is 10.00. The second-order valence-electron chi connectivity index (χ2n) is 13.4. The molecule has 6 heteroatoms. The summed E-state index contributed by atoms with van der Waals surface area (Å²) >= 11 is 0. The van der Waals surface area contributed by atoms with E-state index in [9.17, 15) is 0 Å². The number of hydrogen-bond donors (Lipinski definition) is 0. The van der Waals surface area contributed by atoms with Gasteiger partial charge < -0.3 is 8.83 Å². The van der Waals surface area contributed by atoms with Crippen molar-refractivity contribution >= 4 is 54.6 Å². The van der Waals surface area contributed by atoms with Gasteiger partial charge in [0.1, 0.15) is 16.7 Å². The maximum absolute atomic E-state index is 6.63. The van der Waals surface area contributed by atoms with Crippen LogP contribution in [0.15, 0.2) is 179 Å². The van der Waals surface area contributed by atoms with Crippen molar-refractivity contribution < 1.29 is 8.83 Å². The Morgan fingerprint density at radius 1 is 0.333 bits per heavy atom. The van der Waals surface area contributed by atoms with Crippen LogP contribution in [-0.2, 0) is 0 Å². The number of nitrogens with zero attached hydrogens (tertiary/aromatic N) is 4. The van der Waals surface area contributed by atoms with Gasteiger partial charge in [-0.25, -0.2) is 19.9 Å². The van der Waals surface area contributed by atoms with Gasteiger partial charge in [-0.3, -0.25) is 0 Å². The summed E-state index contributed by atoms with van der Waals surface area (Å²) < 4.78 is 13.2. The lowest BCUT2D eigenvalue weighted by Crippen LogP contribution is -2.01. The number of rotatable bonds is 5. The van der Waals surface area contributed by atoms with Gasteiger partial charge in [0.25, 0.3) is 0 Å². The molecule has 3 aromatic heterocycles. The van der Waals surface area contributed by atoms with E-state index >= 15 is 0 Å². The van der Waals surface area contributed by atoms with Crippen molar-refractivity contribution in [1.82, 2.24) is 19.9 Å². The summed E-state index contributed by atoms with van der Waals surface area (Å²) in [5.41, 5.74) is 8.18. The fourth-order valence-electron chi connectivity index (χ4n) is 7.49. The van der Waals surface area contributed by atoms with Gasteiger partial charge in [-0.15, -0.1) is 0 Å². The number of para-hydroxylation sites is 1. The van der Waals surface area contributed by atoms with Crippen LogP contribution in [0.25, 0.3) is 111 Å². The Morgan fingerprint density at radius 3 is 1.74 bits per heavy atom. The molecule has 0 radical (unpaired) electrons. The molecular weight excluding hydrogens is 665 g/mol. The number of aromatic nitrogens is 4. The van der Waals surface area contributed by atoms with Gasteiger partial charge in [0.15, 0.2) is 23.1 Å². The summed E-state index contributed by atoms with van der Waals surface area (Å²) in [6, 6.07) is 57.8. The quantitative estimate of drug-likeness (QED) is 0.167. The third kappa shape index (κ3) is 4.96. The molecule has 0 N–H and O–H groups in total. The highest BCUT2D eigenvalue weighted by molar-refractivity contribution is 6.16. The fraction of sp³-hybridized carbons (Fsp3) is 0. The van der Waals surface area contributed by atoms with Gasteiger partial charge in [0.05, 0.1) is 5.56 Å². The van der Waals surface area contributed by atoms with Crippen LogP contribution in [0.5, 0.6) is 0 Å². The van der Waals surface area contributed by atoms with Crippen LogP contribution < -0.4 is 0 Å². The van der Waals surface area contributed by atoms with E-state index in [1.807, 2.05) is 84.9 Å². The average Bonchev–Trinajstić information content (AvgIpc) is 3.84. The van der Waals surface area contributed by atoms with E-state index in [4.69, 9.17) is 28.8 Å². The molecule has 0 unspecified atom stereocenters. The Kier molecular flexibility index (Phi) is 6.75. The fourth-order valence-corrected chi connectivity index (χ4v) is 7.49. The third-order valence-corrected chi connectivity index (χ3v) is 10.2. The van der Waals surface area contributed by atoms with Crippen LogP contribution in [0.2, 0.25) is 0 Å². The minimum absolute atomic E-state index is 0.450.